The second kappa shape index (κ2) is 8.07. The molecule has 0 aliphatic carbocycles. The van der Waals surface area contributed by atoms with E-state index in [0.29, 0.717) is 5.75 Å². The van der Waals surface area contributed by atoms with Crippen LogP contribution in [0.4, 0.5) is 5.69 Å². The molecule has 3 N–H and O–H groups in total. The van der Waals surface area contributed by atoms with Gasteiger partial charge >= 0.3 is 0 Å². The topological polar surface area (TPSA) is 111 Å². The van der Waals surface area contributed by atoms with Crippen LogP contribution < -0.4 is 25.0 Å². The van der Waals surface area contributed by atoms with Gasteiger partial charge in [-0.05, 0) is 31.2 Å². The summed E-state index contributed by atoms with van der Waals surface area (Å²) in [6.45, 7) is 1.33. The molecule has 26 heavy (non-hydrogen) atoms. The Morgan fingerprint density at radius 2 is 1.77 bits per heavy atom. The molecule has 0 aliphatic rings. The molecule has 8 nitrogen and oxygen atoms in total. The first-order valence-corrected chi connectivity index (χ1v) is 9.08. The summed E-state index contributed by atoms with van der Waals surface area (Å²) in [4.78, 5) is 11.9. The second-order valence-electron chi connectivity index (χ2n) is 5.43. The Labute approximate surface area is 152 Å². The van der Waals surface area contributed by atoms with Crippen LogP contribution in [0.15, 0.2) is 47.4 Å². The van der Waals surface area contributed by atoms with E-state index in [1.165, 1.54) is 32.4 Å². The number of anilines is 1. The van der Waals surface area contributed by atoms with Gasteiger partial charge in [0.05, 0.1) is 24.8 Å². The zero-order valence-electron chi connectivity index (χ0n) is 14.7. The number of aryl methyl sites for hydroxylation is 1. The molecule has 2 aromatic carbocycles. The number of hydrogen-bond donors (Lipinski definition) is 2. The van der Waals surface area contributed by atoms with Gasteiger partial charge in [-0.1, -0.05) is 17.7 Å². The van der Waals surface area contributed by atoms with Gasteiger partial charge in [-0.25, -0.2) is 14.3 Å². The molecule has 0 aliphatic heterocycles. The normalized spacial score (nSPS) is 10.9. The molecule has 0 atom stereocenters. The molecule has 0 bridgehead atoms. The lowest BCUT2D eigenvalue weighted by Gasteiger charge is -2.25. The number of amides is 1. The summed E-state index contributed by atoms with van der Waals surface area (Å²) in [5.74, 6) is 5.16. The van der Waals surface area contributed by atoms with Gasteiger partial charge in [0.1, 0.15) is 18.0 Å². The molecule has 0 spiro atoms. The fourth-order valence-electron chi connectivity index (χ4n) is 2.30. The smallest absolute Gasteiger partial charge is 0.264 e. The molecule has 140 valence electrons. The Kier molecular flexibility index (Phi) is 6.06. The van der Waals surface area contributed by atoms with E-state index in [4.69, 9.17) is 15.3 Å². The van der Waals surface area contributed by atoms with E-state index < -0.39 is 22.5 Å². The molecule has 0 heterocycles. The van der Waals surface area contributed by atoms with Crippen molar-refractivity contribution in [3.8, 4) is 11.5 Å². The largest absolute Gasteiger partial charge is 0.497 e. The Morgan fingerprint density at radius 1 is 1.12 bits per heavy atom. The van der Waals surface area contributed by atoms with E-state index >= 15 is 0 Å². The van der Waals surface area contributed by atoms with Crippen LogP contribution >= 0.6 is 0 Å². The number of hydrogen-bond acceptors (Lipinski definition) is 6. The van der Waals surface area contributed by atoms with Crippen molar-refractivity contribution in [3.05, 3.63) is 48.0 Å². The Balaban J connectivity index is 2.64. The summed E-state index contributed by atoms with van der Waals surface area (Å²) < 4.78 is 37.7. The van der Waals surface area contributed by atoms with Crippen LogP contribution in [0, 0.1) is 6.92 Å². The van der Waals surface area contributed by atoms with E-state index in [0.717, 1.165) is 9.87 Å². The van der Waals surface area contributed by atoms with Crippen LogP contribution in [0.3, 0.4) is 0 Å². The monoisotopic (exact) mass is 379 g/mol. The van der Waals surface area contributed by atoms with E-state index in [1.807, 2.05) is 12.3 Å². The number of rotatable bonds is 7. The molecular formula is C17H21N3O5S. The summed E-state index contributed by atoms with van der Waals surface area (Å²) in [5.41, 5.74) is 3.02. The predicted molar refractivity (Wildman–Crippen MR) is 97.6 cm³/mol. The number of sulfonamides is 1. The van der Waals surface area contributed by atoms with Gasteiger partial charge in [0.15, 0.2) is 0 Å². The van der Waals surface area contributed by atoms with Crippen LogP contribution in [-0.4, -0.2) is 35.1 Å². The summed E-state index contributed by atoms with van der Waals surface area (Å²) in [5, 5.41) is 0. The van der Waals surface area contributed by atoms with Crippen molar-refractivity contribution in [2.24, 2.45) is 5.84 Å². The maximum Gasteiger partial charge on any atom is 0.264 e. The van der Waals surface area contributed by atoms with Crippen molar-refractivity contribution in [1.29, 1.82) is 0 Å². The van der Waals surface area contributed by atoms with Gasteiger partial charge in [-0.2, -0.15) is 0 Å². The third-order valence-electron chi connectivity index (χ3n) is 3.71. The number of nitrogens with one attached hydrogen (secondary N) is 1. The average molecular weight is 379 g/mol. The molecule has 9 heteroatoms. The molecule has 0 fully saturated rings. The third-order valence-corrected chi connectivity index (χ3v) is 5.49. The van der Waals surface area contributed by atoms with Crippen LogP contribution in [0.25, 0.3) is 0 Å². The minimum atomic E-state index is -4.05. The molecule has 2 aromatic rings. The van der Waals surface area contributed by atoms with Gasteiger partial charge in [0.2, 0.25) is 0 Å². The Morgan fingerprint density at radius 3 is 2.31 bits per heavy atom. The number of methoxy groups -OCH3 is 2. The SMILES string of the molecule is COc1ccc(OC)c(N(CC(=O)NN)S(=O)(=O)c2ccc(C)cc2)c1. The fraction of sp³-hybridized carbons (Fsp3) is 0.235. The zero-order valence-corrected chi connectivity index (χ0v) is 15.5. The summed E-state index contributed by atoms with van der Waals surface area (Å²) in [6.07, 6.45) is 0. The van der Waals surface area contributed by atoms with Crippen molar-refractivity contribution in [1.82, 2.24) is 5.43 Å². The molecule has 0 radical (unpaired) electrons. The van der Waals surface area contributed by atoms with E-state index in [9.17, 15) is 13.2 Å². The lowest BCUT2D eigenvalue weighted by molar-refractivity contribution is -0.119. The molecule has 1 amide bonds. The minimum Gasteiger partial charge on any atom is -0.497 e. The van der Waals surface area contributed by atoms with E-state index in [1.54, 1.807) is 24.3 Å². The van der Waals surface area contributed by atoms with Gasteiger partial charge in [0.25, 0.3) is 15.9 Å². The summed E-state index contributed by atoms with van der Waals surface area (Å²) in [7, 11) is -1.19. The minimum absolute atomic E-state index is 0.0396. The highest BCUT2D eigenvalue weighted by atomic mass is 32.2. The fourth-order valence-corrected chi connectivity index (χ4v) is 3.73. The highest BCUT2D eigenvalue weighted by Crippen LogP contribution is 2.35. The first-order chi connectivity index (χ1) is 12.3. The average Bonchev–Trinajstić information content (AvgIpc) is 2.65. The first kappa shape index (κ1) is 19.5. The second-order valence-corrected chi connectivity index (χ2v) is 7.29. The van der Waals surface area contributed by atoms with Crippen LogP contribution in [0.2, 0.25) is 0 Å². The third kappa shape index (κ3) is 4.06. The highest BCUT2D eigenvalue weighted by molar-refractivity contribution is 7.92. The van der Waals surface area contributed by atoms with E-state index in [-0.39, 0.29) is 16.3 Å². The molecular weight excluding hydrogens is 358 g/mol. The maximum atomic E-state index is 13.2. The summed E-state index contributed by atoms with van der Waals surface area (Å²) in [6, 6.07) is 11.0. The quantitative estimate of drug-likeness (QED) is 0.425. The van der Waals surface area contributed by atoms with Gasteiger partial charge in [0, 0.05) is 6.07 Å². The summed E-state index contributed by atoms with van der Waals surface area (Å²) >= 11 is 0. The van der Waals surface area contributed by atoms with Crippen molar-refractivity contribution < 1.29 is 22.7 Å². The molecule has 0 aromatic heterocycles. The predicted octanol–water partition coefficient (Wildman–Crippen LogP) is 1.20. The first-order valence-electron chi connectivity index (χ1n) is 7.64. The Hall–Kier alpha value is -2.78. The molecule has 0 unspecified atom stereocenters. The number of nitrogens with two attached hydrogens (primary N) is 1. The van der Waals surface area contributed by atoms with Crippen molar-refractivity contribution in [3.63, 3.8) is 0 Å². The molecule has 2 rings (SSSR count). The number of benzene rings is 2. The molecule has 0 saturated carbocycles. The van der Waals surface area contributed by atoms with Crippen LogP contribution in [0.1, 0.15) is 5.56 Å². The maximum absolute atomic E-state index is 13.2. The molecule has 0 saturated heterocycles. The lowest BCUT2D eigenvalue weighted by atomic mass is 10.2. The van der Waals surface area contributed by atoms with Crippen molar-refractivity contribution in [2.75, 3.05) is 25.1 Å². The van der Waals surface area contributed by atoms with Gasteiger partial charge in [-0.3, -0.25) is 14.5 Å². The number of carbonyl (C=O) groups excluding carboxylic acids is 1. The van der Waals surface area contributed by atoms with E-state index in [2.05, 4.69) is 0 Å². The Bertz CT molecular complexity index is 882. The zero-order chi connectivity index (χ0) is 19.3. The number of hydrazine groups is 1. The van der Waals surface area contributed by atoms with Crippen LogP contribution in [-0.2, 0) is 14.8 Å². The van der Waals surface area contributed by atoms with Gasteiger partial charge < -0.3 is 9.47 Å². The lowest BCUT2D eigenvalue weighted by Crippen LogP contribution is -2.43. The van der Waals surface area contributed by atoms with Crippen LogP contribution in [0.5, 0.6) is 11.5 Å². The number of nitrogens with zero attached hydrogens (tertiary/aromatic N) is 1. The van der Waals surface area contributed by atoms with Crippen molar-refractivity contribution >= 4 is 21.6 Å². The highest BCUT2D eigenvalue weighted by Gasteiger charge is 2.29. The van der Waals surface area contributed by atoms with Gasteiger partial charge in [-0.15, -0.1) is 0 Å². The van der Waals surface area contributed by atoms with Crippen molar-refractivity contribution in [2.45, 2.75) is 11.8 Å². The number of ether oxygens (including phenoxy) is 2. The number of carbonyl (C=O) groups is 1. The standard InChI is InChI=1S/C17H21N3O5S/c1-12-4-7-14(8-5-12)26(22,23)20(11-17(21)19-18)15-10-13(24-2)6-9-16(15)25-3/h4-10H,11,18H2,1-3H3,(H,19,21).